The lowest BCUT2D eigenvalue weighted by Crippen LogP contribution is -2.05. The van der Waals surface area contributed by atoms with E-state index in [0.717, 1.165) is 19.4 Å². The van der Waals surface area contributed by atoms with Crippen molar-refractivity contribution in [3.63, 3.8) is 0 Å². The molecule has 0 N–H and O–H groups in total. The van der Waals surface area contributed by atoms with Crippen LogP contribution in [0.15, 0.2) is 12.2 Å². The molecule has 0 aromatic carbocycles. The summed E-state index contributed by atoms with van der Waals surface area (Å²) in [5.41, 5.74) is 0.485. The Morgan fingerprint density at radius 3 is 1.45 bits per heavy atom. The third kappa shape index (κ3) is 15.6. The maximum atomic E-state index is 11.1. The molecule has 0 aliphatic heterocycles. The molecule has 0 aromatic heterocycles. The minimum atomic E-state index is -0.262. The summed E-state index contributed by atoms with van der Waals surface area (Å²) in [4.78, 5) is 11.1. The van der Waals surface area contributed by atoms with E-state index in [9.17, 15) is 4.79 Å². The molecule has 0 atom stereocenters. The first-order chi connectivity index (χ1) is 10.7. The Morgan fingerprint density at radius 2 is 1.09 bits per heavy atom. The number of methoxy groups -OCH3 is 1. The highest BCUT2D eigenvalue weighted by molar-refractivity contribution is 5.86. The van der Waals surface area contributed by atoms with E-state index in [1.807, 2.05) is 0 Å². The molecule has 3 nitrogen and oxygen atoms in total. The average molecular weight is 312 g/mol. The van der Waals surface area contributed by atoms with Crippen LogP contribution in [-0.4, -0.2) is 26.3 Å². The second-order valence-corrected chi connectivity index (χ2v) is 6.15. The van der Waals surface area contributed by atoms with Crippen LogP contribution < -0.4 is 0 Å². The number of carbonyl (C=O) groups excluding carboxylic acids is 1. The molecular weight excluding hydrogens is 276 g/mol. The number of hydrogen-bond donors (Lipinski definition) is 0. The molecule has 0 aliphatic carbocycles. The molecule has 0 rings (SSSR count). The Hall–Kier alpha value is -0.830. The van der Waals surface area contributed by atoms with Gasteiger partial charge in [0.2, 0.25) is 0 Å². The van der Waals surface area contributed by atoms with Crippen molar-refractivity contribution in [1.82, 2.24) is 0 Å². The van der Waals surface area contributed by atoms with Crippen molar-refractivity contribution >= 4 is 5.97 Å². The quantitative estimate of drug-likeness (QED) is 0.216. The molecule has 0 amide bonds. The van der Waals surface area contributed by atoms with Crippen molar-refractivity contribution in [2.24, 2.45) is 0 Å². The second kappa shape index (κ2) is 16.5. The van der Waals surface area contributed by atoms with Crippen LogP contribution in [0.25, 0.3) is 0 Å². The highest BCUT2D eigenvalue weighted by Gasteiger charge is 2.01. The van der Waals surface area contributed by atoms with Crippen LogP contribution in [0.5, 0.6) is 0 Å². The van der Waals surface area contributed by atoms with Gasteiger partial charge in [-0.05, 0) is 19.8 Å². The normalized spacial score (nSPS) is 10.6. The lowest BCUT2D eigenvalue weighted by atomic mass is 10.1. The number of ether oxygens (including phenoxy) is 2. The van der Waals surface area contributed by atoms with Crippen LogP contribution in [-0.2, 0) is 14.3 Å². The topological polar surface area (TPSA) is 35.5 Å². The Kier molecular flexibility index (Phi) is 15.9. The van der Waals surface area contributed by atoms with Gasteiger partial charge in [-0.2, -0.15) is 0 Å². The molecule has 0 radical (unpaired) electrons. The van der Waals surface area contributed by atoms with Crippen molar-refractivity contribution in [3.05, 3.63) is 12.2 Å². The second-order valence-electron chi connectivity index (χ2n) is 6.15. The van der Waals surface area contributed by atoms with E-state index >= 15 is 0 Å². The van der Waals surface area contributed by atoms with E-state index in [2.05, 4.69) is 6.58 Å². The molecular formula is C19H36O3. The van der Waals surface area contributed by atoms with E-state index in [1.165, 1.54) is 64.2 Å². The maximum Gasteiger partial charge on any atom is 0.333 e. The van der Waals surface area contributed by atoms with Gasteiger partial charge in [-0.25, -0.2) is 4.79 Å². The fraction of sp³-hybridized carbons (Fsp3) is 0.842. The van der Waals surface area contributed by atoms with E-state index in [0.29, 0.717) is 12.2 Å². The van der Waals surface area contributed by atoms with Crippen LogP contribution >= 0.6 is 0 Å². The van der Waals surface area contributed by atoms with Crippen LogP contribution in [0, 0.1) is 0 Å². The lowest BCUT2D eigenvalue weighted by molar-refractivity contribution is -0.139. The zero-order chi connectivity index (χ0) is 16.5. The third-order valence-electron chi connectivity index (χ3n) is 3.82. The smallest absolute Gasteiger partial charge is 0.333 e. The zero-order valence-electron chi connectivity index (χ0n) is 14.8. The summed E-state index contributed by atoms with van der Waals surface area (Å²) in [6.45, 7) is 6.69. The van der Waals surface area contributed by atoms with Crippen molar-refractivity contribution in [3.8, 4) is 0 Å². The predicted molar refractivity (Wildman–Crippen MR) is 93.1 cm³/mol. The van der Waals surface area contributed by atoms with Gasteiger partial charge in [0.15, 0.2) is 0 Å². The Morgan fingerprint density at radius 1 is 0.727 bits per heavy atom. The summed E-state index contributed by atoms with van der Waals surface area (Å²) in [7, 11) is 1.77. The molecule has 0 saturated carbocycles. The van der Waals surface area contributed by atoms with Gasteiger partial charge in [-0.1, -0.05) is 70.8 Å². The fourth-order valence-electron chi connectivity index (χ4n) is 2.40. The highest BCUT2D eigenvalue weighted by Crippen LogP contribution is 2.12. The molecule has 0 unspecified atom stereocenters. The first-order valence-corrected chi connectivity index (χ1v) is 9.00. The van der Waals surface area contributed by atoms with Crippen molar-refractivity contribution in [2.45, 2.75) is 84.0 Å². The third-order valence-corrected chi connectivity index (χ3v) is 3.82. The number of carbonyl (C=O) groups is 1. The molecule has 0 spiro atoms. The van der Waals surface area contributed by atoms with Gasteiger partial charge in [-0.15, -0.1) is 0 Å². The number of rotatable bonds is 16. The summed E-state index contributed by atoms with van der Waals surface area (Å²) < 4.78 is 10.1. The van der Waals surface area contributed by atoms with Gasteiger partial charge >= 0.3 is 5.97 Å². The number of hydrogen-bond acceptors (Lipinski definition) is 3. The van der Waals surface area contributed by atoms with Crippen molar-refractivity contribution in [1.29, 1.82) is 0 Å². The van der Waals surface area contributed by atoms with E-state index in [1.54, 1.807) is 14.0 Å². The van der Waals surface area contributed by atoms with Gasteiger partial charge in [-0.3, -0.25) is 0 Å². The Labute approximate surface area is 137 Å². The average Bonchev–Trinajstić information content (AvgIpc) is 2.50. The minimum absolute atomic E-state index is 0.262. The first kappa shape index (κ1) is 21.2. The molecule has 0 saturated heterocycles. The molecule has 0 bridgehead atoms. The summed E-state index contributed by atoms with van der Waals surface area (Å²) in [5, 5.41) is 0. The van der Waals surface area contributed by atoms with E-state index < -0.39 is 0 Å². The zero-order valence-corrected chi connectivity index (χ0v) is 14.8. The molecule has 3 heteroatoms. The summed E-state index contributed by atoms with van der Waals surface area (Å²) >= 11 is 0. The van der Waals surface area contributed by atoms with Gasteiger partial charge in [0, 0.05) is 19.3 Å². The highest BCUT2D eigenvalue weighted by atomic mass is 16.5. The van der Waals surface area contributed by atoms with E-state index in [4.69, 9.17) is 9.47 Å². The standard InChI is InChI=1S/C19H36O3/c1-18(2)19(20)22-17-15-13-11-9-7-5-4-6-8-10-12-14-16-21-3/h1,4-17H2,2-3H3. The van der Waals surface area contributed by atoms with Crippen LogP contribution in [0.2, 0.25) is 0 Å². The molecule has 22 heavy (non-hydrogen) atoms. The maximum absolute atomic E-state index is 11.1. The Balaban J connectivity index is 3.05. The summed E-state index contributed by atoms with van der Waals surface area (Å²) in [6, 6.07) is 0. The summed E-state index contributed by atoms with van der Waals surface area (Å²) in [6.07, 6.45) is 15.4. The lowest BCUT2D eigenvalue weighted by Gasteiger charge is -2.04. The van der Waals surface area contributed by atoms with Gasteiger partial charge in [0.1, 0.15) is 0 Å². The number of esters is 1. The molecule has 0 fully saturated rings. The van der Waals surface area contributed by atoms with Crippen LogP contribution in [0.1, 0.15) is 84.0 Å². The van der Waals surface area contributed by atoms with Crippen molar-refractivity contribution in [2.75, 3.05) is 20.3 Å². The minimum Gasteiger partial charge on any atom is -0.462 e. The molecule has 0 aromatic rings. The van der Waals surface area contributed by atoms with Crippen LogP contribution in [0.3, 0.4) is 0 Å². The molecule has 0 heterocycles. The fourth-order valence-corrected chi connectivity index (χ4v) is 2.40. The molecule has 130 valence electrons. The monoisotopic (exact) mass is 312 g/mol. The predicted octanol–water partition coefficient (Wildman–Crippen LogP) is 5.43. The SMILES string of the molecule is C=C(C)C(=O)OCCCCCCCCCCCCCCOC. The van der Waals surface area contributed by atoms with Gasteiger partial charge in [0.25, 0.3) is 0 Å². The van der Waals surface area contributed by atoms with Crippen molar-refractivity contribution < 1.29 is 14.3 Å². The van der Waals surface area contributed by atoms with Gasteiger partial charge in [0.05, 0.1) is 6.61 Å². The van der Waals surface area contributed by atoms with Gasteiger partial charge < -0.3 is 9.47 Å². The van der Waals surface area contributed by atoms with Crippen LogP contribution in [0.4, 0.5) is 0 Å². The molecule has 0 aliphatic rings. The first-order valence-electron chi connectivity index (χ1n) is 9.00. The Bertz CT molecular complexity index is 274. The summed E-state index contributed by atoms with van der Waals surface area (Å²) in [5.74, 6) is -0.262. The van der Waals surface area contributed by atoms with E-state index in [-0.39, 0.29) is 5.97 Å². The number of unbranched alkanes of at least 4 members (excludes halogenated alkanes) is 11. The largest absolute Gasteiger partial charge is 0.462 e.